The Morgan fingerprint density at radius 3 is 2.32 bits per heavy atom. The highest BCUT2D eigenvalue weighted by Gasteiger charge is 2.38. The van der Waals surface area contributed by atoms with Gasteiger partial charge >= 0.3 is 0 Å². The van der Waals surface area contributed by atoms with Crippen LogP contribution in [0.5, 0.6) is 5.75 Å². The van der Waals surface area contributed by atoms with Gasteiger partial charge in [0.2, 0.25) is 5.91 Å². The maximum atomic E-state index is 14.1. The smallest absolute Gasteiger partial charge is 0.239 e. The van der Waals surface area contributed by atoms with E-state index >= 15 is 0 Å². The lowest BCUT2D eigenvalue weighted by Crippen LogP contribution is -2.40. The van der Waals surface area contributed by atoms with Crippen LogP contribution < -0.4 is 9.64 Å². The minimum atomic E-state index is -0.370. The van der Waals surface area contributed by atoms with Crippen LogP contribution in [0, 0.1) is 20.8 Å². The molecule has 5 rings (SSSR count). The maximum absolute atomic E-state index is 14.1. The summed E-state index contributed by atoms with van der Waals surface area (Å²) in [6.45, 7) is 6.81. The maximum Gasteiger partial charge on any atom is 0.239 e. The summed E-state index contributed by atoms with van der Waals surface area (Å²) in [6, 6.07) is 20.4. The van der Waals surface area contributed by atoms with E-state index in [0.29, 0.717) is 6.54 Å². The van der Waals surface area contributed by atoms with Crippen LogP contribution in [0.1, 0.15) is 39.4 Å². The summed E-state index contributed by atoms with van der Waals surface area (Å²) in [5, 5.41) is 1.11. The van der Waals surface area contributed by atoms with Gasteiger partial charge in [0.25, 0.3) is 0 Å². The Labute approximate surface area is 182 Å². The number of H-pyrrole nitrogens is 1. The fourth-order valence-electron chi connectivity index (χ4n) is 5.08. The number of ether oxygens (including phenoxy) is 1. The van der Waals surface area contributed by atoms with Crippen LogP contribution in [-0.2, 0) is 11.3 Å². The predicted octanol–water partition coefficient (Wildman–Crippen LogP) is 5.78. The standard InChI is InChI=1S/C27H26N2O2/c1-16-13-17(2)26(18(3)14-16)29-15-23-25(21-7-5-6-8-22(21)28-23)24(27(29)30)19-9-11-20(31-4)12-10-19/h5-14,24,28H,15H2,1-4H3. The van der Waals surface area contributed by atoms with Gasteiger partial charge in [0.05, 0.1) is 19.6 Å². The molecule has 1 unspecified atom stereocenters. The van der Waals surface area contributed by atoms with Crippen molar-refractivity contribution in [3.05, 3.63) is 94.2 Å². The van der Waals surface area contributed by atoms with Crippen molar-refractivity contribution in [1.29, 1.82) is 0 Å². The molecule has 0 saturated carbocycles. The monoisotopic (exact) mass is 410 g/mol. The first-order valence-corrected chi connectivity index (χ1v) is 10.6. The molecule has 31 heavy (non-hydrogen) atoms. The van der Waals surface area contributed by atoms with Gasteiger partial charge < -0.3 is 14.6 Å². The number of aryl methyl sites for hydroxylation is 3. The molecule has 0 saturated heterocycles. The molecule has 3 aromatic carbocycles. The molecule has 156 valence electrons. The number of fused-ring (bicyclic) bond motifs is 3. The average Bonchev–Trinajstić information content (AvgIpc) is 3.12. The van der Waals surface area contributed by atoms with E-state index in [1.54, 1.807) is 7.11 Å². The summed E-state index contributed by atoms with van der Waals surface area (Å²) in [6.07, 6.45) is 0. The van der Waals surface area contributed by atoms with Crippen molar-refractivity contribution >= 4 is 22.5 Å². The lowest BCUT2D eigenvalue weighted by atomic mass is 9.84. The number of methoxy groups -OCH3 is 1. The van der Waals surface area contributed by atoms with Gasteiger partial charge in [0.1, 0.15) is 5.75 Å². The number of nitrogens with zero attached hydrogens (tertiary/aromatic N) is 1. The lowest BCUT2D eigenvalue weighted by Gasteiger charge is -2.35. The van der Waals surface area contributed by atoms with E-state index in [9.17, 15) is 4.79 Å². The first-order chi connectivity index (χ1) is 15.0. The van der Waals surface area contributed by atoms with Gasteiger partial charge in [-0.1, -0.05) is 48.0 Å². The number of amides is 1. The minimum Gasteiger partial charge on any atom is -0.497 e. The molecule has 0 fully saturated rings. The third-order valence-corrected chi connectivity index (χ3v) is 6.30. The van der Waals surface area contributed by atoms with E-state index in [1.807, 2.05) is 41.3 Å². The third kappa shape index (κ3) is 3.10. The molecule has 1 aliphatic heterocycles. The number of para-hydroxylation sites is 1. The zero-order valence-electron chi connectivity index (χ0n) is 18.3. The van der Waals surface area contributed by atoms with Crippen LogP contribution in [0.3, 0.4) is 0 Å². The van der Waals surface area contributed by atoms with Crippen LogP contribution in [0.25, 0.3) is 10.9 Å². The molecule has 4 nitrogen and oxygen atoms in total. The molecule has 2 heterocycles. The number of hydrogen-bond donors (Lipinski definition) is 1. The molecule has 1 amide bonds. The summed E-state index contributed by atoms with van der Waals surface area (Å²) in [5.74, 6) is 0.525. The van der Waals surface area contributed by atoms with E-state index in [1.165, 1.54) is 5.56 Å². The summed E-state index contributed by atoms with van der Waals surface area (Å²) in [4.78, 5) is 19.6. The molecule has 0 aliphatic carbocycles. The molecule has 1 N–H and O–H groups in total. The van der Waals surface area contributed by atoms with Crippen molar-refractivity contribution in [2.24, 2.45) is 0 Å². The van der Waals surface area contributed by atoms with Gasteiger partial charge in [0, 0.05) is 22.3 Å². The second-order valence-electron chi connectivity index (χ2n) is 8.44. The number of rotatable bonds is 3. The van der Waals surface area contributed by atoms with Gasteiger partial charge in [-0.05, 0) is 61.2 Å². The zero-order valence-corrected chi connectivity index (χ0v) is 18.3. The highest BCUT2D eigenvalue weighted by molar-refractivity contribution is 6.06. The van der Waals surface area contributed by atoms with Gasteiger partial charge in [-0.3, -0.25) is 4.79 Å². The second kappa shape index (κ2) is 7.31. The van der Waals surface area contributed by atoms with Crippen molar-refractivity contribution in [2.75, 3.05) is 12.0 Å². The van der Waals surface area contributed by atoms with E-state index in [4.69, 9.17) is 4.74 Å². The van der Waals surface area contributed by atoms with Crippen LogP contribution in [0.4, 0.5) is 5.69 Å². The number of anilines is 1. The van der Waals surface area contributed by atoms with Crippen molar-refractivity contribution in [1.82, 2.24) is 4.98 Å². The summed E-state index contributed by atoms with van der Waals surface area (Å²) < 4.78 is 5.34. The topological polar surface area (TPSA) is 45.3 Å². The van der Waals surface area contributed by atoms with E-state index < -0.39 is 0 Å². The first kappa shape index (κ1) is 19.4. The molecule has 0 bridgehead atoms. The van der Waals surface area contributed by atoms with Crippen molar-refractivity contribution in [3.8, 4) is 5.75 Å². The molecule has 1 aliphatic rings. The second-order valence-corrected chi connectivity index (χ2v) is 8.44. The van der Waals surface area contributed by atoms with Gasteiger partial charge in [-0.15, -0.1) is 0 Å². The van der Waals surface area contributed by atoms with Crippen molar-refractivity contribution in [2.45, 2.75) is 33.2 Å². The molecule has 0 radical (unpaired) electrons. The molecular formula is C27H26N2O2. The number of aromatic amines is 1. The third-order valence-electron chi connectivity index (χ3n) is 6.30. The largest absolute Gasteiger partial charge is 0.497 e. The Hall–Kier alpha value is -3.53. The van der Waals surface area contributed by atoms with Gasteiger partial charge in [-0.2, -0.15) is 0 Å². The van der Waals surface area contributed by atoms with Gasteiger partial charge in [-0.25, -0.2) is 0 Å². The average molecular weight is 411 g/mol. The number of carbonyl (C=O) groups is 1. The van der Waals surface area contributed by atoms with Crippen molar-refractivity contribution < 1.29 is 9.53 Å². The fraction of sp³-hybridized carbons (Fsp3) is 0.222. The Balaban J connectivity index is 1.73. The molecule has 1 aromatic heterocycles. The van der Waals surface area contributed by atoms with Gasteiger partial charge in [0.15, 0.2) is 0 Å². The summed E-state index contributed by atoms with van der Waals surface area (Å²) in [7, 11) is 1.66. The summed E-state index contributed by atoms with van der Waals surface area (Å²) >= 11 is 0. The SMILES string of the molecule is COc1ccc(C2C(=O)N(c3c(C)cc(C)cc3C)Cc3[nH]c4ccccc4c32)cc1. The summed E-state index contributed by atoms with van der Waals surface area (Å²) in [5.41, 5.74) is 8.70. The van der Waals surface area contributed by atoms with Crippen LogP contribution in [-0.4, -0.2) is 18.0 Å². The van der Waals surface area contributed by atoms with Crippen LogP contribution in [0.2, 0.25) is 0 Å². The van der Waals surface area contributed by atoms with E-state index in [0.717, 1.165) is 50.3 Å². The number of aromatic nitrogens is 1. The minimum absolute atomic E-state index is 0.109. The quantitative estimate of drug-likeness (QED) is 0.465. The first-order valence-electron chi connectivity index (χ1n) is 10.6. The molecule has 1 atom stereocenters. The highest BCUT2D eigenvalue weighted by atomic mass is 16.5. The fourth-order valence-corrected chi connectivity index (χ4v) is 5.08. The number of carbonyl (C=O) groups excluding carboxylic acids is 1. The normalized spacial score (nSPS) is 15.9. The number of benzene rings is 3. The Bertz CT molecular complexity index is 1280. The molecular weight excluding hydrogens is 384 g/mol. The molecule has 4 heteroatoms. The lowest BCUT2D eigenvalue weighted by molar-refractivity contribution is -0.119. The highest BCUT2D eigenvalue weighted by Crippen LogP contribution is 2.42. The Morgan fingerprint density at radius 1 is 0.968 bits per heavy atom. The van der Waals surface area contributed by atoms with E-state index in [2.05, 4.69) is 50.0 Å². The Kier molecular flexibility index (Phi) is 4.58. The molecule has 0 spiro atoms. The number of nitrogens with one attached hydrogen (secondary N) is 1. The predicted molar refractivity (Wildman–Crippen MR) is 125 cm³/mol. The Morgan fingerprint density at radius 2 is 1.65 bits per heavy atom. The number of hydrogen-bond acceptors (Lipinski definition) is 2. The van der Waals surface area contributed by atoms with Crippen LogP contribution >= 0.6 is 0 Å². The molecule has 4 aromatic rings. The zero-order chi connectivity index (χ0) is 21.7. The van der Waals surface area contributed by atoms with E-state index in [-0.39, 0.29) is 11.8 Å². The van der Waals surface area contributed by atoms with Crippen molar-refractivity contribution in [3.63, 3.8) is 0 Å². The van der Waals surface area contributed by atoms with Crippen LogP contribution in [0.15, 0.2) is 60.7 Å².